The Kier molecular flexibility index (Phi) is 4.78. The summed E-state index contributed by atoms with van der Waals surface area (Å²) in [5, 5.41) is 11.9. The quantitative estimate of drug-likeness (QED) is 0.871. The molecular weight excluding hydrogens is 267 g/mol. The number of hydrogen-bond donors (Lipinski definition) is 1. The zero-order valence-corrected chi connectivity index (χ0v) is 12.1. The molecule has 0 aliphatic heterocycles. The van der Waals surface area contributed by atoms with E-state index < -0.39 is 5.82 Å². The molecule has 21 heavy (non-hydrogen) atoms. The molecule has 1 atom stereocenters. The van der Waals surface area contributed by atoms with Crippen molar-refractivity contribution in [2.75, 3.05) is 5.32 Å². The van der Waals surface area contributed by atoms with Gasteiger partial charge in [0, 0.05) is 17.4 Å². The third kappa shape index (κ3) is 4.22. The molecule has 0 aromatic heterocycles. The second kappa shape index (κ2) is 6.76. The van der Waals surface area contributed by atoms with Gasteiger partial charge in [-0.1, -0.05) is 13.0 Å². The van der Waals surface area contributed by atoms with Gasteiger partial charge in [0.25, 0.3) is 0 Å². The SMILES string of the molecule is CCC(C)Oc1cccc(Nc2cc(F)cc(C#N)c2)c1. The molecule has 3 nitrogen and oxygen atoms in total. The van der Waals surface area contributed by atoms with Gasteiger partial charge in [0.05, 0.1) is 17.7 Å². The van der Waals surface area contributed by atoms with Gasteiger partial charge in [-0.15, -0.1) is 0 Å². The number of nitriles is 1. The van der Waals surface area contributed by atoms with Crippen molar-refractivity contribution in [3.63, 3.8) is 0 Å². The summed E-state index contributed by atoms with van der Waals surface area (Å²) in [4.78, 5) is 0. The van der Waals surface area contributed by atoms with Gasteiger partial charge < -0.3 is 10.1 Å². The highest BCUT2D eigenvalue weighted by atomic mass is 19.1. The van der Waals surface area contributed by atoms with Crippen LogP contribution in [0.3, 0.4) is 0 Å². The van der Waals surface area contributed by atoms with Gasteiger partial charge in [-0.25, -0.2) is 4.39 Å². The maximum absolute atomic E-state index is 13.4. The van der Waals surface area contributed by atoms with Crippen LogP contribution in [0.5, 0.6) is 5.75 Å². The monoisotopic (exact) mass is 284 g/mol. The molecule has 0 spiro atoms. The summed E-state index contributed by atoms with van der Waals surface area (Å²) in [5.41, 5.74) is 1.60. The molecule has 0 saturated carbocycles. The Balaban J connectivity index is 2.18. The first kappa shape index (κ1) is 14.9. The lowest BCUT2D eigenvalue weighted by molar-refractivity contribution is 0.217. The summed E-state index contributed by atoms with van der Waals surface area (Å²) in [6, 6.07) is 13.5. The number of nitrogens with zero attached hydrogens (tertiary/aromatic N) is 1. The normalized spacial score (nSPS) is 11.5. The van der Waals surface area contributed by atoms with Crippen LogP contribution in [-0.2, 0) is 0 Å². The molecule has 0 amide bonds. The molecule has 0 aliphatic carbocycles. The summed E-state index contributed by atoms with van der Waals surface area (Å²) < 4.78 is 19.1. The second-order valence-electron chi connectivity index (χ2n) is 4.83. The van der Waals surface area contributed by atoms with Crippen LogP contribution in [-0.4, -0.2) is 6.10 Å². The van der Waals surface area contributed by atoms with Crippen LogP contribution in [0.1, 0.15) is 25.8 Å². The summed E-state index contributed by atoms with van der Waals surface area (Å²) in [7, 11) is 0. The van der Waals surface area contributed by atoms with Crippen molar-refractivity contribution in [2.24, 2.45) is 0 Å². The molecule has 2 aromatic rings. The number of ether oxygens (including phenoxy) is 1. The van der Waals surface area contributed by atoms with Crippen LogP contribution in [0.25, 0.3) is 0 Å². The summed E-state index contributed by atoms with van der Waals surface area (Å²) >= 11 is 0. The van der Waals surface area contributed by atoms with Crippen molar-refractivity contribution in [3.05, 3.63) is 53.8 Å². The van der Waals surface area contributed by atoms with Gasteiger partial charge in [-0.05, 0) is 43.7 Å². The minimum absolute atomic E-state index is 0.139. The number of nitrogens with one attached hydrogen (secondary N) is 1. The van der Waals surface area contributed by atoms with Gasteiger partial charge in [0.15, 0.2) is 0 Å². The van der Waals surface area contributed by atoms with Crippen LogP contribution in [0.15, 0.2) is 42.5 Å². The minimum atomic E-state index is -0.441. The van der Waals surface area contributed by atoms with Gasteiger partial charge in [0.1, 0.15) is 11.6 Å². The average Bonchev–Trinajstić information content (AvgIpc) is 2.46. The van der Waals surface area contributed by atoms with Crippen molar-refractivity contribution in [1.29, 1.82) is 5.26 Å². The molecule has 4 heteroatoms. The maximum atomic E-state index is 13.4. The Morgan fingerprint density at radius 3 is 2.76 bits per heavy atom. The molecular formula is C17H17FN2O. The van der Waals surface area contributed by atoms with Crippen molar-refractivity contribution in [2.45, 2.75) is 26.4 Å². The predicted octanol–water partition coefficient (Wildman–Crippen LogP) is 4.62. The predicted molar refractivity (Wildman–Crippen MR) is 81.2 cm³/mol. The average molecular weight is 284 g/mol. The molecule has 2 rings (SSSR count). The Bertz CT molecular complexity index is 664. The number of benzene rings is 2. The van der Waals surface area contributed by atoms with Gasteiger partial charge >= 0.3 is 0 Å². The standard InChI is InChI=1S/C17H17FN2O/c1-3-12(2)21-17-6-4-5-15(10-17)20-16-8-13(11-19)7-14(18)9-16/h4-10,12,20H,3H2,1-2H3. The van der Waals surface area contributed by atoms with E-state index in [0.717, 1.165) is 17.9 Å². The molecule has 0 radical (unpaired) electrons. The number of halogens is 1. The summed E-state index contributed by atoms with van der Waals surface area (Å²) in [5.74, 6) is 0.315. The van der Waals surface area contributed by atoms with Crippen LogP contribution in [0, 0.1) is 17.1 Å². The zero-order chi connectivity index (χ0) is 15.2. The number of hydrogen-bond acceptors (Lipinski definition) is 3. The van der Waals surface area contributed by atoms with E-state index in [0.29, 0.717) is 5.69 Å². The van der Waals surface area contributed by atoms with E-state index in [9.17, 15) is 4.39 Å². The topological polar surface area (TPSA) is 45.0 Å². The molecule has 1 N–H and O–H groups in total. The molecule has 108 valence electrons. The summed E-state index contributed by atoms with van der Waals surface area (Å²) in [6.07, 6.45) is 1.06. The van der Waals surface area contributed by atoms with Crippen molar-refractivity contribution >= 4 is 11.4 Å². The molecule has 0 fully saturated rings. The zero-order valence-electron chi connectivity index (χ0n) is 12.1. The van der Waals surface area contributed by atoms with E-state index >= 15 is 0 Å². The van der Waals surface area contributed by atoms with E-state index in [1.807, 2.05) is 37.3 Å². The lowest BCUT2D eigenvalue weighted by Crippen LogP contribution is -2.09. The van der Waals surface area contributed by atoms with Gasteiger partial charge in [-0.3, -0.25) is 0 Å². The van der Waals surface area contributed by atoms with Crippen molar-refractivity contribution in [1.82, 2.24) is 0 Å². The Morgan fingerprint density at radius 2 is 2.05 bits per heavy atom. The highest BCUT2D eigenvalue weighted by molar-refractivity contribution is 5.62. The van der Waals surface area contributed by atoms with Gasteiger partial charge in [-0.2, -0.15) is 5.26 Å². The Hall–Kier alpha value is -2.54. The van der Waals surface area contributed by atoms with Crippen LogP contribution in [0.2, 0.25) is 0 Å². The molecule has 0 bridgehead atoms. The third-order valence-corrected chi connectivity index (χ3v) is 3.06. The van der Waals surface area contributed by atoms with E-state index in [2.05, 4.69) is 12.2 Å². The van der Waals surface area contributed by atoms with E-state index in [1.165, 1.54) is 12.1 Å². The highest BCUT2D eigenvalue weighted by Gasteiger charge is 2.04. The molecule has 2 aromatic carbocycles. The fourth-order valence-corrected chi connectivity index (χ4v) is 1.86. The van der Waals surface area contributed by atoms with Crippen molar-refractivity contribution in [3.8, 4) is 11.8 Å². The molecule has 0 aliphatic rings. The molecule has 0 heterocycles. The Labute approximate surface area is 124 Å². The van der Waals surface area contributed by atoms with Crippen molar-refractivity contribution < 1.29 is 9.13 Å². The highest BCUT2D eigenvalue weighted by Crippen LogP contribution is 2.23. The lowest BCUT2D eigenvalue weighted by atomic mass is 10.2. The first-order valence-corrected chi connectivity index (χ1v) is 6.85. The largest absolute Gasteiger partial charge is 0.491 e. The number of anilines is 2. The van der Waals surface area contributed by atoms with E-state index in [1.54, 1.807) is 6.07 Å². The fraction of sp³-hybridized carbons (Fsp3) is 0.235. The summed E-state index contributed by atoms with van der Waals surface area (Å²) in [6.45, 7) is 4.06. The molecule has 1 unspecified atom stereocenters. The molecule has 0 saturated heterocycles. The second-order valence-corrected chi connectivity index (χ2v) is 4.83. The number of rotatable bonds is 5. The first-order valence-electron chi connectivity index (χ1n) is 6.85. The van der Waals surface area contributed by atoms with Crippen LogP contribution < -0.4 is 10.1 Å². The third-order valence-electron chi connectivity index (χ3n) is 3.06. The van der Waals surface area contributed by atoms with E-state index in [-0.39, 0.29) is 11.7 Å². The smallest absolute Gasteiger partial charge is 0.126 e. The minimum Gasteiger partial charge on any atom is -0.491 e. The maximum Gasteiger partial charge on any atom is 0.126 e. The van der Waals surface area contributed by atoms with Crippen LogP contribution >= 0.6 is 0 Å². The first-order chi connectivity index (χ1) is 10.1. The Morgan fingerprint density at radius 1 is 1.24 bits per heavy atom. The lowest BCUT2D eigenvalue weighted by Gasteiger charge is -2.14. The van der Waals surface area contributed by atoms with Crippen LogP contribution in [0.4, 0.5) is 15.8 Å². The van der Waals surface area contributed by atoms with E-state index in [4.69, 9.17) is 10.00 Å². The van der Waals surface area contributed by atoms with Gasteiger partial charge in [0.2, 0.25) is 0 Å². The fourth-order valence-electron chi connectivity index (χ4n) is 1.86.